The van der Waals surface area contributed by atoms with Crippen molar-refractivity contribution >= 4 is 5.69 Å². The second-order valence-corrected chi connectivity index (χ2v) is 7.22. The largest absolute Gasteiger partial charge is 0.495 e. The van der Waals surface area contributed by atoms with Gasteiger partial charge in [-0.1, -0.05) is 12.1 Å². The fourth-order valence-electron chi connectivity index (χ4n) is 3.77. The van der Waals surface area contributed by atoms with Crippen LogP contribution in [0.4, 0.5) is 5.69 Å². The Kier molecular flexibility index (Phi) is 5.67. The number of piperazine rings is 1. The van der Waals surface area contributed by atoms with E-state index in [1.165, 1.54) is 0 Å². The molecule has 152 valence electrons. The van der Waals surface area contributed by atoms with Crippen molar-refractivity contribution in [1.82, 2.24) is 19.7 Å². The minimum Gasteiger partial charge on any atom is -0.495 e. The first kappa shape index (κ1) is 19.3. The molecule has 0 N–H and O–H groups in total. The van der Waals surface area contributed by atoms with Gasteiger partial charge in [-0.25, -0.2) is 4.68 Å². The summed E-state index contributed by atoms with van der Waals surface area (Å²) in [7, 11) is 3.64. The number of pyridine rings is 1. The van der Waals surface area contributed by atoms with Crippen molar-refractivity contribution in [2.75, 3.05) is 38.2 Å². The van der Waals surface area contributed by atoms with Crippen molar-refractivity contribution in [3.63, 3.8) is 0 Å². The summed E-state index contributed by atoms with van der Waals surface area (Å²) in [5, 5.41) is 4.58. The number of methoxy groups -OCH3 is 1. The first-order valence-electron chi connectivity index (χ1n) is 9.86. The molecule has 2 aromatic heterocycles. The summed E-state index contributed by atoms with van der Waals surface area (Å²) in [6.45, 7) is 6.71. The van der Waals surface area contributed by atoms with Crippen LogP contribution in [0.15, 0.2) is 48.8 Å². The van der Waals surface area contributed by atoms with Gasteiger partial charge in [-0.3, -0.25) is 9.88 Å². The normalized spacial score (nSPS) is 14.8. The molecule has 1 fully saturated rings. The van der Waals surface area contributed by atoms with Crippen LogP contribution in [0.2, 0.25) is 0 Å². The molecule has 0 bridgehead atoms. The molecule has 1 saturated heterocycles. The second-order valence-electron chi connectivity index (χ2n) is 7.22. The summed E-state index contributed by atoms with van der Waals surface area (Å²) in [5.74, 6) is 2.43. The van der Waals surface area contributed by atoms with Crippen LogP contribution in [0, 0.1) is 6.92 Å². The van der Waals surface area contributed by atoms with Crippen LogP contribution in [-0.2, 0) is 13.6 Å². The lowest BCUT2D eigenvalue weighted by Gasteiger charge is -2.36. The van der Waals surface area contributed by atoms with E-state index in [-0.39, 0.29) is 0 Å². The third kappa shape index (κ3) is 4.19. The zero-order valence-corrected chi connectivity index (χ0v) is 17.2. The maximum atomic E-state index is 6.11. The van der Waals surface area contributed by atoms with E-state index in [9.17, 15) is 0 Å². The molecule has 4 rings (SSSR count). The molecule has 0 aliphatic carbocycles. The highest BCUT2D eigenvalue weighted by Crippen LogP contribution is 2.30. The smallest absolute Gasteiger partial charge is 0.222 e. The lowest BCUT2D eigenvalue weighted by molar-refractivity contribution is 0.245. The van der Waals surface area contributed by atoms with E-state index in [0.717, 1.165) is 67.0 Å². The monoisotopic (exact) mass is 393 g/mol. The molecular formula is C22H27N5O2. The van der Waals surface area contributed by atoms with Gasteiger partial charge in [0.2, 0.25) is 5.88 Å². The molecule has 0 radical (unpaired) electrons. The lowest BCUT2D eigenvalue weighted by Crippen LogP contribution is -2.46. The third-order valence-electron chi connectivity index (χ3n) is 5.32. The third-order valence-corrected chi connectivity index (χ3v) is 5.32. The van der Waals surface area contributed by atoms with Gasteiger partial charge in [-0.15, -0.1) is 0 Å². The van der Waals surface area contributed by atoms with E-state index in [0.29, 0.717) is 0 Å². The van der Waals surface area contributed by atoms with Gasteiger partial charge in [-0.05, 0) is 31.2 Å². The predicted octanol–water partition coefficient (Wildman–Crippen LogP) is 3.25. The summed E-state index contributed by atoms with van der Waals surface area (Å²) in [6.07, 6.45) is 3.46. The Balaban J connectivity index is 1.45. The maximum Gasteiger partial charge on any atom is 0.222 e. The Morgan fingerprint density at radius 3 is 2.55 bits per heavy atom. The molecule has 1 aliphatic rings. The number of anilines is 1. The van der Waals surface area contributed by atoms with Gasteiger partial charge >= 0.3 is 0 Å². The van der Waals surface area contributed by atoms with Crippen molar-refractivity contribution in [3.05, 3.63) is 60.0 Å². The van der Waals surface area contributed by atoms with E-state index >= 15 is 0 Å². The van der Waals surface area contributed by atoms with Gasteiger partial charge in [-0.2, -0.15) is 5.10 Å². The Hall–Kier alpha value is -3.06. The molecule has 3 aromatic rings. The second kappa shape index (κ2) is 8.53. The van der Waals surface area contributed by atoms with Crippen molar-refractivity contribution in [3.8, 4) is 17.4 Å². The summed E-state index contributed by atoms with van der Waals surface area (Å²) in [6, 6.07) is 12.0. The van der Waals surface area contributed by atoms with Crippen molar-refractivity contribution in [1.29, 1.82) is 0 Å². The Bertz CT molecular complexity index is 949. The van der Waals surface area contributed by atoms with Crippen molar-refractivity contribution < 1.29 is 9.47 Å². The fraction of sp³-hybridized carbons (Fsp3) is 0.364. The van der Waals surface area contributed by atoms with Crippen LogP contribution >= 0.6 is 0 Å². The molecule has 0 amide bonds. The van der Waals surface area contributed by atoms with Crippen LogP contribution < -0.4 is 14.4 Å². The molecule has 3 heterocycles. The summed E-state index contributed by atoms with van der Waals surface area (Å²) in [4.78, 5) is 8.97. The average Bonchev–Trinajstić information content (AvgIpc) is 3.02. The van der Waals surface area contributed by atoms with Crippen molar-refractivity contribution in [2.45, 2.75) is 13.5 Å². The number of ether oxygens (including phenoxy) is 2. The van der Waals surface area contributed by atoms with Gasteiger partial charge in [0.1, 0.15) is 11.5 Å². The molecule has 0 atom stereocenters. The number of hydrogen-bond donors (Lipinski definition) is 0. The van der Waals surface area contributed by atoms with Crippen LogP contribution in [0.1, 0.15) is 11.3 Å². The van der Waals surface area contributed by atoms with Gasteiger partial charge in [0, 0.05) is 46.0 Å². The molecule has 0 spiro atoms. The molecule has 1 aromatic carbocycles. The van der Waals surface area contributed by atoms with Gasteiger partial charge in [0.05, 0.1) is 30.3 Å². The van der Waals surface area contributed by atoms with Gasteiger partial charge in [0.25, 0.3) is 0 Å². The number of nitrogens with zero attached hydrogens (tertiary/aromatic N) is 5. The molecular weight excluding hydrogens is 366 g/mol. The molecule has 0 unspecified atom stereocenters. The van der Waals surface area contributed by atoms with E-state index < -0.39 is 0 Å². The fourth-order valence-corrected chi connectivity index (χ4v) is 3.77. The quantitative estimate of drug-likeness (QED) is 0.641. The molecule has 7 nitrogen and oxygen atoms in total. The van der Waals surface area contributed by atoms with E-state index in [1.807, 2.05) is 42.9 Å². The molecule has 1 aliphatic heterocycles. The van der Waals surface area contributed by atoms with Crippen LogP contribution in [-0.4, -0.2) is 53.0 Å². The van der Waals surface area contributed by atoms with Crippen molar-refractivity contribution in [2.24, 2.45) is 7.05 Å². The van der Waals surface area contributed by atoms with E-state index in [2.05, 4.69) is 32.0 Å². The predicted molar refractivity (Wildman–Crippen MR) is 113 cm³/mol. The first-order chi connectivity index (χ1) is 14.2. The Morgan fingerprint density at radius 2 is 1.83 bits per heavy atom. The number of hydrogen-bond acceptors (Lipinski definition) is 6. The van der Waals surface area contributed by atoms with Crippen LogP contribution in [0.3, 0.4) is 0 Å². The molecule has 29 heavy (non-hydrogen) atoms. The van der Waals surface area contributed by atoms with Crippen LogP contribution in [0.5, 0.6) is 17.4 Å². The standard InChI is InChI=1S/C22H27N5O2/c1-17-19(22(25(2)24-17)29-18-7-6-10-23-15-18)16-26-11-13-27(14-12-26)20-8-4-5-9-21(20)28-3/h4-10,15H,11-14,16H2,1-3H3. The van der Waals surface area contributed by atoms with E-state index in [4.69, 9.17) is 9.47 Å². The molecule has 7 heteroatoms. The highest BCUT2D eigenvalue weighted by molar-refractivity contribution is 5.58. The maximum absolute atomic E-state index is 6.11. The van der Waals surface area contributed by atoms with E-state index in [1.54, 1.807) is 19.5 Å². The number of rotatable bonds is 6. The number of aromatic nitrogens is 3. The SMILES string of the molecule is COc1ccccc1N1CCN(Cc2c(C)nn(C)c2Oc2cccnc2)CC1. The summed E-state index contributed by atoms with van der Waals surface area (Å²) in [5.41, 5.74) is 3.29. The zero-order valence-electron chi connectivity index (χ0n) is 17.2. The van der Waals surface area contributed by atoms with Gasteiger partial charge < -0.3 is 14.4 Å². The highest BCUT2D eigenvalue weighted by Gasteiger charge is 2.23. The highest BCUT2D eigenvalue weighted by atomic mass is 16.5. The first-order valence-corrected chi connectivity index (χ1v) is 9.86. The molecule has 0 saturated carbocycles. The number of benzene rings is 1. The Labute approximate surface area is 171 Å². The van der Waals surface area contributed by atoms with Gasteiger partial charge in [0.15, 0.2) is 0 Å². The minimum absolute atomic E-state index is 0.720. The topological polar surface area (TPSA) is 55.7 Å². The zero-order chi connectivity index (χ0) is 20.2. The lowest BCUT2D eigenvalue weighted by atomic mass is 10.2. The minimum atomic E-state index is 0.720. The average molecular weight is 393 g/mol. The number of para-hydroxylation sites is 2. The Morgan fingerprint density at radius 1 is 1.03 bits per heavy atom. The van der Waals surface area contributed by atoms with Crippen LogP contribution in [0.25, 0.3) is 0 Å². The number of aryl methyl sites for hydroxylation is 2. The summed E-state index contributed by atoms with van der Waals surface area (Å²) < 4.78 is 13.4. The summed E-state index contributed by atoms with van der Waals surface area (Å²) >= 11 is 0.